The highest BCUT2D eigenvalue weighted by Crippen LogP contribution is 2.32. The van der Waals surface area contributed by atoms with Gasteiger partial charge in [-0.25, -0.2) is 18.5 Å². The summed E-state index contributed by atoms with van der Waals surface area (Å²) in [6, 6.07) is 8.32. The van der Waals surface area contributed by atoms with Gasteiger partial charge in [0.15, 0.2) is 0 Å². The zero-order chi connectivity index (χ0) is 19.4. The first-order valence-electron chi connectivity index (χ1n) is 7.88. The SMILES string of the molecule is NS(=O)(=O)c1ccc(CCNC(=O)Cc2csc(-c3cc(Br)cs3)n2)cc1. The van der Waals surface area contributed by atoms with Gasteiger partial charge in [-0.05, 0) is 46.1 Å². The van der Waals surface area contributed by atoms with Crippen molar-refractivity contribution in [3.05, 3.63) is 56.8 Å². The van der Waals surface area contributed by atoms with E-state index in [1.807, 2.05) is 16.8 Å². The number of carbonyl (C=O) groups is 1. The molecule has 0 saturated carbocycles. The first kappa shape index (κ1) is 20.2. The van der Waals surface area contributed by atoms with Crippen molar-refractivity contribution in [1.29, 1.82) is 0 Å². The van der Waals surface area contributed by atoms with Gasteiger partial charge in [0.25, 0.3) is 0 Å². The van der Waals surface area contributed by atoms with Gasteiger partial charge in [0.2, 0.25) is 15.9 Å². The molecule has 27 heavy (non-hydrogen) atoms. The summed E-state index contributed by atoms with van der Waals surface area (Å²) in [6.45, 7) is 0.461. The van der Waals surface area contributed by atoms with Gasteiger partial charge in [-0.2, -0.15) is 0 Å². The van der Waals surface area contributed by atoms with Crippen LogP contribution < -0.4 is 10.5 Å². The monoisotopic (exact) mass is 485 g/mol. The largest absolute Gasteiger partial charge is 0.355 e. The summed E-state index contributed by atoms with van der Waals surface area (Å²) in [5.41, 5.74) is 1.66. The highest BCUT2D eigenvalue weighted by molar-refractivity contribution is 9.10. The first-order valence-corrected chi connectivity index (χ1v) is 12.0. The Morgan fingerprint density at radius 3 is 2.56 bits per heavy atom. The maximum absolute atomic E-state index is 12.1. The molecule has 0 aliphatic carbocycles. The standard InChI is InChI=1S/C17H16BrN3O3S3/c18-12-7-15(25-9-12)17-21-13(10-26-17)8-16(22)20-6-5-11-1-3-14(4-2-11)27(19,23)24/h1-4,7,9-10H,5-6,8H2,(H,20,22)(H2,19,23,24). The van der Waals surface area contributed by atoms with Crippen LogP contribution in [-0.4, -0.2) is 25.9 Å². The van der Waals surface area contributed by atoms with E-state index in [0.717, 1.165) is 25.6 Å². The first-order chi connectivity index (χ1) is 12.8. The molecule has 1 amide bonds. The molecule has 0 fully saturated rings. The lowest BCUT2D eigenvalue weighted by molar-refractivity contribution is -0.120. The summed E-state index contributed by atoms with van der Waals surface area (Å²) in [7, 11) is -3.68. The maximum Gasteiger partial charge on any atom is 0.238 e. The number of primary sulfonamides is 1. The molecular formula is C17H16BrN3O3S3. The Balaban J connectivity index is 1.48. The van der Waals surface area contributed by atoms with Crippen LogP contribution in [0.25, 0.3) is 9.88 Å². The number of hydrogen-bond donors (Lipinski definition) is 2. The van der Waals surface area contributed by atoms with Crippen LogP contribution in [0.5, 0.6) is 0 Å². The molecule has 3 rings (SSSR count). The average molecular weight is 486 g/mol. The Bertz CT molecular complexity index is 1040. The number of rotatable bonds is 7. The van der Waals surface area contributed by atoms with Crippen LogP contribution in [0.3, 0.4) is 0 Å². The number of sulfonamides is 1. The summed E-state index contributed by atoms with van der Waals surface area (Å²) in [5, 5.41) is 12.7. The van der Waals surface area contributed by atoms with Crippen LogP contribution >= 0.6 is 38.6 Å². The van der Waals surface area contributed by atoms with Crippen LogP contribution in [0.1, 0.15) is 11.3 Å². The predicted octanol–water partition coefficient (Wildman–Crippen LogP) is 3.18. The minimum Gasteiger partial charge on any atom is -0.355 e. The molecule has 10 heteroatoms. The lowest BCUT2D eigenvalue weighted by Crippen LogP contribution is -2.27. The van der Waals surface area contributed by atoms with Gasteiger partial charge < -0.3 is 5.32 Å². The molecule has 0 aliphatic rings. The molecule has 3 N–H and O–H groups in total. The third-order valence-electron chi connectivity index (χ3n) is 3.66. The Hall–Kier alpha value is -1.59. The molecule has 0 atom stereocenters. The molecular weight excluding hydrogens is 470 g/mol. The number of thiazole rings is 1. The van der Waals surface area contributed by atoms with Gasteiger partial charge in [-0.3, -0.25) is 4.79 Å². The Morgan fingerprint density at radius 2 is 1.93 bits per heavy atom. The van der Waals surface area contributed by atoms with Crippen molar-refractivity contribution in [2.75, 3.05) is 6.54 Å². The van der Waals surface area contributed by atoms with Crippen LogP contribution in [0, 0.1) is 0 Å². The van der Waals surface area contributed by atoms with Gasteiger partial charge in [0.05, 0.1) is 21.9 Å². The number of halogens is 1. The second kappa shape index (κ2) is 8.61. The van der Waals surface area contributed by atoms with Crippen molar-refractivity contribution in [2.24, 2.45) is 5.14 Å². The number of nitrogens with one attached hydrogen (secondary N) is 1. The van der Waals surface area contributed by atoms with Gasteiger partial charge in [0, 0.05) is 21.8 Å². The minimum atomic E-state index is -3.68. The van der Waals surface area contributed by atoms with Crippen molar-refractivity contribution in [1.82, 2.24) is 10.3 Å². The van der Waals surface area contributed by atoms with Crippen molar-refractivity contribution in [2.45, 2.75) is 17.7 Å². The summed E-state index contributed by atoms with van der Waals surface area (Å²) in [4.78, 5) is 17.7. The summed E-state index contributed by atoms with van der Waals surface area (Å²) in [5.74, 6) is -0.0969. The second-order valence-corrected chi connectivity index (χ2v) is 9.99. The molecule has 3 aromatic rings. The van der Waals surface area contributed by atoms with Crippen molar-refractivity contribution < 1.29 is 13.2 Å². The van der Waals surface area contributed by atoms with Crippen LogP contribution in [0.4, 0.5) is 0 Å². The van der Waals surface area contributed by atoms with E-state index in [-0.39, 0.29) is 17.2 Å². The molecule has 0 saturated heterocycles. The van der Waals surface area contributed by atoms with E-state index in [2.05, 4.69) is 26.2 Å². The van der Waals surface area contributed by atoms with Crippen LogP contribution in [0.2, 0.25) is 0 Å². The zero-order valence-electron chi connectivity index (χ0n) is 14.0. The van der Waals surface area contributed by atoms with Crippen molar-refractivity contribution in [3.63, 3.8) is 0 Å². The van der Waals surface area contributed by atoms with Crippen LogP contribution in [0.15, 0.2) is 50.5 Å². The lowest BCUT2D eigenvalue weighted by Gasteiger charge is -2.05. The summed E-state index contributed by atoms with van der Waals surface area (Å²) in [6.07, 6.45) is 0.829. The fourth-order valence-corrected chi connectivity index (χ4v) is 5.19. The lowest BCUT2D eigenvalue weighted by atomic mass is 10.1. The number of thiophene rings is 1. The molecule has 0 spiro atoms. The molecule has 2 aromatic heterocycles. The average Bonchev–Trinajstić information content (AvgIpc) is 3.23. The van der Waals surface area contributed by atoms with Crippen molar-refractivity contribution in [3.8, 4) is 9.88 Å². The number of amides is 1. The van der Waals surface area contributed by atoms with Crippen molar-refractivity contribution >= 4 is 54.5 Å². The third kappa shape index (κ3) is 5.69. The third-order valence-corrected chi connectivity index (χ3v) is 7.34. The normalized spacial score (nSPS) is 11.5. The summed E-state index contributed by atoms with van der Waals surface area (Å²) < 4.78 is 23.5. The molecule has 0 unspecified atom stereocenters. The molecule has 0 aliphatic heterocycles. The Labute approximate surface area is 173 Å². The van der Waals surface area contributed by atoms with E-state index >= 15 is 0 Å². The number of carbonyl (C=O) groups excluding carboxylic acids is 1. The van der Waals surface area contributed by atoms with E-state index in [1.165, 1.54) is 23.5 Å². The molecule has 0 bridgehead atoms. The van der Waals surface area contributed by atoms with Gasteiger partial charge >= 0.3 is 0 Å². The number of benzene rings is 1. The number of nitrogens with zero attached hydrogens (tertiary/aromatic N) is 1. The topological polar surface area (TPSA) is 102 Å². The van der Waals surface area contributed by atoms with E-state index in [0.29, 0.717) is 13.0 Å². The van der Waals surface area contributed by atoms with E-state index in [9.17, 15) is 13.2 Å². The van der Waals surface area contributed by atoms with Gasteiger partial charge in [0.1, 0.15) is 5.01 Å². The molecule has 2 heterocycles. The Kier molecular flexibility index (Phi) is 6.43. The van der Waals surface area contributed by atoms with E-state index < -0.39 is 10.0 Å². The smallest absolute Gasteiger partial charge is 0.238 e. The number of hydrogen-bond acceptors (Lipinski definition) is 6. The highest BCUT2D eigenvalue weighted by Gasteiger charge is 2.11. The van der Waals surface area contributed by atoms with Crippen LogP contribution in [-0.2, 0) is 27.7 Å². The predicted molar refractivity (Wildman–Crippen MR) is 111 cm³/mol. The molecule has 0 radical (unpaired) electrons. The zero-order valence-corrected chi connectivity index (χ0v) is 18.1. The number of aromatic nitrogens is 1. The molecule has 142 valence electrons. The highest BCUT2D eigenvalue weighted by atomic mass is 79.9. The second-order valence-electron chi connectivity index (χ2n) is 5.74. The minimum absolute atomic E-state index is 0.0763. The maximum atomic E-state index is 12.1. The fraction of sp³-hybridized carbons (Fsp3) is 0.176. The quantitative estimate of drug-likeness (QED) is 0.536. The van der Waals surface area contributed by atoms with Gasteiger partial charge in [-0.15, -0.1) is 22.7 Å². The van der Waals surface area contributed by atoms with E-state index in [1.54, 1.807) is 23.5 Å². The van der Waals surface area contributed by atoms with Gasteiger partial charge in [-0.1, -0.05) is 12.1 Å². The molecule has 1 aromatic carbocycles. The summed E-state index contributed by atoms with van der Waals surface area (Å²) >= 11 is 6.55. The number of nitrogens with two attached hydrogens (primary N) is 1. The Morgan fingerprint density at radius 1 is 1.19 bits per heavy atom. The fourth-order valence-electron chi connectivity index (χ4n) is 2.35. The van der Waals surface area contributed by atoms with E-state index in [4.69, 9.17) is 5.14 Å². The molecule has 6 nitrogen and oxygen atoms in total.